The van der Waals surface area contributed by atoms with Gasteiger partial charge in [0.15, 0.2) is 6.61 Å². The quantitative estimate of drug-likeness (QED) is 0.388. The van der Waals surface area contributed by atoms with Gasteiger partial charge in [-0.05, 0) is 61.5 Å². The van der Waals surface area contributed by atoms with Crippen LogP contribution < -0.4 is 25.0 Å². The van der Waals surface area contributed by atoms with Crippen LogP contribution in [0.1, 0.15) is 22.8 Å². The molecular weight excluding hydrogens is 472 g/mol. The van der Waals surface area contributed by atoms with Crippen LogP contribution in [-0.4, -0.2) is 33.4 Å². The Morgan fingerprint density at radius 2 is 1.69 bits per heavy atom. The van der Waals surface area contributed by atoms with Crippen molar-refractivity contribution in [1.29, 1.82) is 5.26 Å². The number of ether oxygens (including phenoxy) is 2. The van der Waals surface area contributed by atoms with Gasteiger partial charge in [-0.15, -0.1) is 0 Å². The van der Waals surface area contributed by atoms with Crippen molar-refractivity contribution in [3.8, 4) is 17.6 Å². The Labute approximate surface area is 202 Å². The molecule has 3 rings (SSSR count). The molecule has 0 radical (unpaired) electrons. The van der Waals surface area contributed by atoms with Crippen molar-refractivity contribution in [2.24, 2.45) is 0 Å². The second kappa shape index (κ2) is 11.5. The SMILES string of the molecule is CCOc1ccc(NS(=O)(=O)c2cccc(C(=O)NNC(=O)COc3ccccc3C#N)c2)cc1. The highest BCUT2D eigenvalue weighted by molar-refractivity contribution is 7.92. The van der Waals surface area contributed by atoms with Gasteiger partial charge in [0.25, 0.3) is 21.8 Å². The Morgan fingerprint density at radius 3 is 2.40 bits per heavy atom. The Bertz CT molecular complexity index is 1350. The Kier molecular flexibility index (Phi) is 8.26. The van der Waals surface area contributed by atoms with Gasteiger partial charge in [-0.3, -0.25) is 25.2 Å². The van der Waals surface area contributed by atoms with E-state index in [1.807, 2.05) is 13.0 Å². The van der Waals surface area contributed by atoms with E-state index in [1.165, 1.54) is 30.3 Å². The maximum Gasteiger partial charge on any atom is 0.276 e. The molecule has 11 heteroatoms. The van der Waals surface area contributed by atoms with Crippen LogP contribution in [0.15, 0.2) is 77.7 Å². The molecular formula is C24H22N4O6S. The molecule has 0 aliphatic rings. The van der Waals surface area contributed by atoms with E-state index in [0.29, 0.717) is 18.0 Å². The van der Waals surface area contributed by atoms with E-state index in [2.05, 4.69) is 15.6 Å². The summed E-state index contributed by atoms with van der Waals surface area (Å²) in [5.74, 6) is -0.564. The lowest BCUT2D eigenvalue weighted by Gasteiger charge is -2.11. The zero-order valence-electron chi connectivity index (χ0n) is 18.6. The summed E-state index contributed by atoms with van der Waals surface area (Å²) in [6.45, 7) is 1.89. The second-order valence-electron chi connectivity index (χ2n) is 6.99. The third kappa shape index (κ3) is 6.96. The zero-order chi connectivity index (χ0) is 25.3. The standard InChI is InChI=1S/C24H22N4O6S/c1-2-33-20-12-10-19(11-13-20)28-35(31,32)21-8-5-7-17(14-21)24(30)27-26-23(29)16-34-22-9-4-3-6-18(22)15-25/h3-14,28H,2,16H2,1H3,(H,26,29)(H,27,30). The lowest BCUT2D eigenvalue weighted by Crippen LogP contribution is -2.43. The van der Waals surface area contributed by atoms with E-state index in [4.69, 9.17) is 14.7 Å². The molecule has 0 aliphatic carbocycles. The molecule has 0 aromatic heterocycles. The molecule has 0 heterocycles. The van der Waals surface area contributed by atoms with Crippen molar-refractivity contribution < 1.29 is 27.5 Å². The number of nitrogens with one attached hydrogen (secondary N) is 3. The molecule has 3 aromatic carbocycles. The van der Waals surface area contributed by atoms with Gasteiger partial charge < -0.3 is 9.47 Å². The number of para-hydroxylation sites is 1. The van der Waals surface area contributed by atoms with E-state index in [-0.39, 0.29) is 21.8 Å². The van der Waals surface area contributed by atoms with Gasteiger partial charge in [0.05, 0.1) is 17.1 Å². The minimum Gasteiger partial charge on any atom is -0.494 e. The normalized spacial score (nSPS) is 10.5. The third-order valence-electron chi connectivity index (χ3n) is 4.51. The lowest BCUT2D eigenvalue weighted by atomic mass is 10.2. The predicted molar refractivity (Wildman–Crippen MR) is 127 cm³/mol. The molecule has 2 amide bonds. The molecule has 10 nitrogen and oxygen atoms in total. The van der Waals surface area contributed by atoms with Gasteiger partial charge in [-0.1, -0.05) is 18.2 Å². The van der Waals surface area contributed by atoms with Gasteiger partial charge in [0.2, 0.25) is 0 Å². The molecule has 0 aliphatic heterocycles. The number of amides is 2. The average Bonchev–Trinajstić information content (AvgIpc) is 2.87. The van der Waals surface area contributed by atoms with Gasteiger partial charge in [-0.25, -0.2) is 8.42 Å². The first kappa shape index (κ1) is 25.1. The smallest absolute Gasteiger partial charge is 0.276 e. The number of hydrogen-bond donors (Lipinski definition) is 3. The van der Waals surface area contributed by atoms with Crippen LogP contribution in [0.5, 0.6) is 11.5 Å². The van der Waals surface area contributed by atoms with E-state index in [1.54, 1.807) is 42.5 Å². The minimum atomic E-state index is -3.98. The van der Waals surface area contributed by atoms with E-state index in [9.17, 15) is 18.0 Å². The molecule has 3 N–H and O–H groups in total. The fourth-order valence-electron chi connectivity index (χ4n) is 2.87. The van der Waals surface area contributed by atoms with Crippen molar-refractivity contribution in [3.05, 3.63) is 83.9 Å². The summed E-state index contributed by atoms with van der Waals surface area (Å²) in [4.78, 5) is 24.3. The maximum absolute atomic E-state index is 12.7. The minimum absolute atomic E-state index is 0.00983. The summed E-state index contributed by atoms with van der Waals surface area (Å²) in [6.07, 6.45) is 0. The molecule has 0 bridgehead atoms. The summed E-state index contributed by atoms with van der Waals surface area (Å²) in [5, 5.41) is 9.04. The molecule has 0 saturated heterocycles. The van der Waals surface area contributed by atoms with Crippen LogP contribution in [0.2, 0.25) is 0 Å². The fraction of sp³-hybridized carbons (Fsp3) is 0.125. The largest absolute Gasteiger partial charge is 0.494 e. The number of hydrogen-bond acceptors (Lipinski definition) is 7. The first-order chi connectivity index (χ1) is 16.8. The highest BCUT2D eigenvalue weighted by Gasteiger charge is 2.17. The summed E-state index contributed by atoms with van der Waals surface area (Å²) in [5.41, 5.74) is 4.98. The molecule has 3 aromatic rings. The van der Waals surface area contributed by atoms with E-state index in [0.717, 1.165) is 0 Å². The van der Waals surface area contributed by atoms with Crippen molar-refractivity contribution >= 4 is 27.5 Å². The van der Waals surface area contributed by atoms with Crippen LogP contribution in [0.3, 0.4) is 0 Å². The van der Waals surface area contributed by atoms with Crippen LogP contribution in [-0.2, 0) is 14.8 Å². The van der Waals surface area contributed by atoms with Crippen LogP contribution in [0, 0.1) is 11.3 Å². The summed E-state index contributed by atoms with van der Waals surface area (Å²) < 4.78 is 38.5. The monoisotopic (exact) mass is 494 g/mol. The van der Waals surface area contributed by atoms with Crippen molar-refractivity contribution in [2.45, 2.75) is 11.8 Å². The van der Waals surface area contributed by atoms with Gasteiger partial charge in [0, 0.05) is 11.3 Å². The molecule has 0 spiro atoms. The van der Waals surface area contributed by atoms with E-state index < -0.39 is 28.4 Å². The highest BCUT2D eigenvalue weighted by atomic mass is 32.2. The van der Waals surface area contributed by atoms with Crippen molar-refractivity contribution in [2.75, 3.05) is 17.9 Å². The number of hydrazine groups is 1. The van der Waals surface area contributed by atoms with Crippen LogP contribution >= 0.6 is 0 Å². The summed E-state index contributed by atoms with van der Waals surface area (Å²) in [7, 11) is -3.98. The molecule has 0 fully saturated rings. The summed E-state index contributed by atoms with van der Waals surface area (Å²) in [6, 6.07) is 20.1. The van der Waals surface area contributed by atoms with Gasteiger partial charge in [-0.2, -0.15) is 5.26 Å². The maximum atomic E-state index is 12.7. The molecule has 0 saturated carbocycles. The lowest BCUT2D eigenvalue weighted by molar-refractivity contribution is -0.123. The number of nitriles is 1. The first-order valence-corrected chi connectivity index (χ1v) is 11.9. The van der Waals surface area contributed by atoms with E-state index >= 15 is 0 Å². The topological polar surface area (TPSA) is 147 Å². The van der Waals surface area contributed by atoms with Gasteiger partial charge >= 0.3 is 0 Å². The van der Waals surface area contributed by atoms with Crippen LogP contribution in [0.4, 0.5) is 5.69 Å². The third-order valence-corrected chi connectivity index (χ3v) is 5.88. The number of anilines is 1. The molecule has 35 heavy (non-hydrogen) atoms. The van der Waals surface area contributed by atoms with Gasteiger partial charge in [0.1, 0.15) is 17.6 Å². The summed E-state index contributed by atoms with van der Waals surface area (Å²) >= 11 is 0. The number of carbonyl (C=O) groups excluding carboxylic acids is 2. The predicted octanol–water partition coefficient (Wildman–Crippen LogP) is 2.60. The zero-order valence-corrected chi connectivity index (χ0v) is 19.5. The van der Waals surface area contributed by atoms with Crippen LogP contribution in [0.25, 0.3) is 0 Å². The fourth-order valence-corrected chi connectivity index (χ4v) is 3.97. The molecule has 0 atom stereocenters. The molecule has 180 valence electrons. The number of rotatable bonds is 9. The Morgan fingerprint density at radius 1 is 0.943 bits per heavy atom. The first-order valence-electron chi connectivity index (χ1n) is 10.4. The Balaban J connectivity index is 1.58. The number of carbonyl (C=O) groups is 2. The highest BCUT2D eigenvalue weighted by Crippen LogP contribution is 2.20. The van der Waals surface area contributed by atoms with Crippen molar-refractivity contribution in [3.63, 3.8) is 0 Å². The Hall–Kier alpha value is -4.56. The molecule has 0 unspecified atom stereocenters. The number of nitrogens with zero attached hydrogens (tertiary/aromatic N) is 1. The van der Waals surface area contributed by atoms with Crippen molar-refractivity contribution in [1.82, 2.24) is 10.9 Å². The second-order valence-corrected chi connectivity index (χ2v) is 8.67. The average molecular weight is 495 g/mol. The number of sulfonamides is 1. The number of benzene rings is 3.